The van der Waals surface area contributed by atoms with Crippen molar-refractivity contribution in [3.05, 3.63) is 34.3 Å². The molecule has 0 unspecified atom stereocenters. The lowest BCUT2D eigenvalue weighted by atomic mass is 10.1. The molecule has 0 bridgehead atoms. The van der Waals surface area contributed by atoms with Gasteiger partial charge in [0.05, 0.1) is 27.7 Å². The van der Waals surface area contributed by atoms with E-state index >= 15 is 0 Å². The molecule has 4 N–H and O–H groups in total. The number of nitrogens with one attached hydrogen (secondary N) is 1. The van der Waals surface area contributed by atoms with E-state index in [2.05, 4.69) is 5.32 Å². The van der Waals surface area contributed by atoms with E-state index in [1.807, 2.05) is 12.1 Å². The van der Waals surface area contributed by atoms with E-state index < -0.39 is 24.5 Å². The summed E-state index contributed by atoms with van der Waals surface area (Å²) in [6.45, 7) is -0.385. The number of benzene rings is 2. The Kier molecular flexibility index (Phi) is 4.42. The van der Waals surface area contributed by atoms with Gasteiger partial charge in [-0.1, -0.05) is 23.2 Å². The second-order valence-corrected chi connectivity index (χ2v) is 8.22. The van der Waals surface area contributed by atoms with Crippen LogP contribution in [0.1, 0.15) is 19.1 Å². The first-order valence-electron chi connectivity index (χ1n) is 9.16. The Hall–Kier alpha value is -1.61. The van der Waals surface area contributed by atoms with Gasteiger partial charge in [0.2, 0.25) is 5.95 Å². The van der Waals surface area contributed by atoms with Crippen LogP contribution >= 0.6 is 23.2 Å². The van der Waals surface area contributed by atoms with Crippen molar-refractivity contribution in [3.8, 4) is 0 Å². The Morgan fingerprint density at radius 1 is 1.07 bits per heavy atom. The van der Waals surface area contributed by atoms with E-state index in [0.717, 1.165) is 29.1 Å². The zero-order chi connectivity index (χ0) is 19.6. The van der Waals surface area contributed by atoms with Gasteiger partial charge in [-0.15, -0.1) is 0 Å². The standard InChI is InChI=1S/C19H19Cl2N3O4/c20-11-3-8-5-13-14(6-9(8)4-12(11)21)24(19(23-13)22-10-1-2-10)18-17(27)16(26)15(7-25)28-18/h3-6,10,15-18,25-27H,1-2,7H2,(H,22,23)/t15-,16-,17-,18-/m1/s1. The molecule has 9 heteroatoms. The number of nitrogens with zero attached hydrogens (tertiary/aromatic N) is 2. The van der Waals surface area contributed by atoms with Crippen molar-refractivity contribution in [3.63, 3.8) is 0 Å². The molecule has 2 fully saturated rings. The number of aliphatic hydroxyl groups excluding tert-OH is 3. The van der Waals surface area contributed by atoms with Crippen LogP contribution in [0.3, 0.4) is 0 Å². The van der Waals surface area contributed by atoms with Gasteiger partial charge in [0, 0.05) is 6.04 Å². The zero-order valence-corrected chi connectivity index (χ0v) is 16.2. The highest BCUT2D eigenvalue weighted by Crippen LogP contribution is 2.38. The van der Waals surface area contributed by atoms with Gasteiger partial charge in [0.15, 0.2) is 6.23 Å². The van der Waals surface area contributed by atoms with Crippen LogP contribution in [0.2, 0.25) is 10.0 Å². The molecule has 0 radical (unpaired) electrons. The van der Waals surface area contributed by atoms with E-state index in [1.54, 1.807) is 16.7 Å². The molecule has 1 aliphatic carbocycles. The topological polar surface area (TPSA) is 99.8 Å². The number of aliphatic hydroxyl groups is 3. The molecule has 28 heavy (non-hydrogen) atoms. The van der Waals surface area contributed by atoms with Crippen molar-refractivity contribution in [2.75, 3.05) is 11.9 Å². The van der Waals surface area contributed by atoms with Gasteiger partial charge in [0.1, 0.15) is 18.3 Å². The summed E-state index contributed by atoms with van der Waals surface area (Å²) in [5.74, 6) is 0.555. The first kappa shape index (κ1) is 18.4. The van der Waals surface area contributed by atoms with Crippen LogP contribution < -0.4 is 5.32 Å². The number of aromatic nitrogens is 2. The van der Waals surface area contributed by atoms with E-state index in [9.17, 15) is 15.3 Å². The van der Waals surface area contributed by atoms with Crippen molar-refractivity contribution in [1.82, 2.24) is 9.55 Å². The molecule has 0 amide bonds. The molecule has 2 heterocycles. The van der Waals surface area contributed by atoms with Crippen molar-refractivity contribution in [2.24, 2.45) is 0 Å². The lowest BCUT2D eigenvalue weighted by molar-refractivity contribution is -0.0499. The van der Waals surface area contributed by atoms with Gasteiger partial charge < -0.3 is 25.4 Å². The van der Waals surface area contributed by atoms with Crippen LogP contribution in [-0.2, 0) is 4.74 Å². The SMILES string of the molecule is OC[C@H]1O[C@@H](n2c(NC3CC3)nc3cc4cc(Cl)c(Cl)cc4cc32)[C@H](O)[C@@H]1O. The van der Waals surface area contributed by atoms with Gasteiger partial charge in [-0.3, -0.25) is 4.57 Å². The molecule has 4 atom stereocenters. The quantitative estimate of drug-likeness (QED) is 0.514. The minimum absolute atomic E-state index is 0.325. The Morgan fingerprint density at radius 2 is 1.75 bits per heavy atom. The van der Waals surface area contributed by atoms with E-state index in [4.69, 9.17) is 32.9 Å². The maximum Gasteiger partial charge on any atom is 0.206 e. The first-order valence-corrected chi connectivity index (χ1v) is 9.91. The fourth-order valence-electron chi connectivity index (χ4n) is 3.70. The molecule has 3 aromatic rings. The molecule has 1 saturated heterocycles. The fourth-order valence-corrected chi connectivity index (χ4v) is 4.04. The van der Waals surface area contributed by atoms with Crippen LogP contribution in [0.25, 0.3) is 21.8 Å². The van der Waals surface area contributed by atoms with Gasteiger partial charge in [0.25, 0.3) is 0 Å². The van der Waals surface area contributed by atoms with Crippen molar-refractivity contribution < 1.29 is 20.1 Å². The third-order valence-electron chi connectivity index (χ3n) is 5.37. The Morgan fingerprint density at radius 3 is 2.36 bits per heavy atom. The molecule has 2 aromatic carbocycles. The summed E-state index contributed by atoms with van der Waals surface area (Å²) in [7, 11) is 0. The summed E-state index contributed by atoms with van der Waals surface area (Å²) in [6.07, 6.45) is -2.02. The van der Waals surface area contributed by atoms with E-state index in [-0.39, 0.29) is 6.61 Å². The normalized spacial score (nSPS) is 27.8. The van der Waals surface area contributed by atoms with Crippen LogP contribution in [0.4, 0.5) is 5.95 Å². The fraction of sp³-hybridized carbons (Fsp3) is 0.421. The minimum Gasteiger partial charge on any atom is -0.394 e. The molecule has 1 saturated carbocycles. The van der Waals surface area contributed by atoms with Gasteiger partial charge in [-0.05, 0) is 47.9 Å². The van der Waals surface area contributed by atoms with Crippen molar-refractivity contribution in [1.29, 1.82) is 0 Å². The molecule has 148 valence electrons. The Labute approximate surface area is 170 Å². The molecule has 1 aliphatic heterocycles. The highest BCUT2D eigenvalue weighted by Gasteiger charge is 2.45. The second-order valence-electron chi connectivity index (χ2n) is 7.41. The van der Waals surface area contributed by atoms with E-state index in [0.29, 0.717) is 27.6 Å². The number of imidazole rings is 1. The van der Waals surface area contributed by atoms with Crippen molar-refractivity contribution >= 4 is 51.0 Å². The first-order chi connectivity index (χ1) is 13.5. The molecule has 7 nitrogen and oxygen atoms in total. The average molecular weight is 424 g/mol. The lowest BCUT2D eigenvalue weighted by Gasteiger charge is -2.20. The molecular weight excluding hydrogens is 405 g/mol. The summed E-state index contributed by atoms with van der Waals surface area (Å²) in [5, 5.41) is 36.2. The summed E-state index contributed by atoms with van der Waals surface area (Å²) in [5.41, 5.74) is 1.43. The predicted molar refractivity (Wildman–Crippen MR) is 107 cm³/mol. The summed E-state index contributed by atoms with van der Waals surface area (Å²) >= 11 is 12.3. The number of fused-ring (bicyclic) bond motifs is 2. The molecule has 0 spiro atoms. The summed E-state index contributed by atoms with van der Waals surface area (Å²) < 4.78 is 7.52. The Balaban J connectivity index is 1.70. The average Bonchev–Trinajstić information content (AvgIpc) is 3.36. The van der Waals surface area contributed by atoms with Gasteiger partial charge in [-0.25, -0.2) is 4.98 Å². The Bertz CT molecular complexity index is 1070. The predicted octanol–water partition coefficient (Wildman–Crippen LogP) is 2.68. The summed E-state index contributed by atoms with van der Waals surface area (Å²) in [6, 6.07) is 7.71. The second kappa shape index (κ2) is 6.73. The van der Waals surface area contributed by atoms with Crippen LogP contribution in [0.15, 0.2) is 24.3 Å². The zero-order valence-electron chi connectivity index (χ0n) is 14.7. The van der Waals surface area contributed by atoms with Gasteiger partial charge >= 0.3 is 0 Å². The van der Waals surface area contributed by atoms with Crippen LogP contribution in [-0.4, -0.2) is 55.8 Å². The number of halogens is 2. The number of anilines is 1. The lowest BCUT2D eigenvalue weighted by Crippen LogP contribution is -2.33. The smallest absolute Gasteiger partial charge is 0.206 e. The maximum atomic E-state index is 10.6. The minimum atomic E-state index is -1.20. The van der Waals surface area contributed by atoms with E-state index in [1.165, 1.54) is 0 Å². The number of hydrogen-bond donors (Lipinski definition) is 4. The van der Waals surface area contributed by atoms with Crippen LogP contribution in [0, 0.1) is 0 Å². The highest BCUT2D eigenvalue weighted by molar-refractivity contribution is 6.42. The molecule has 5 rings (SSSR count). The summed E-state index contributed by atoms with van der Waals surface area (Å²) in [4.78, 5) is 4.69. The molecular formula is C19H19Cl2N3O4. The number of hydrogen-bond acceptors (Lipinski definition) is 6. The maximum absolute atomic E-state index is 10.6. The third-order valence-corrected chi connectivity index (χ3v) is 6.09. The van der Waals surface area contributed by atoms with Crippen LogP contribution in [0.5, 0.6) is 0 Å². The molecule has 1 aromatic heterocycles. The third kappa shape index (κ3) is 2.94. The molecule has 2 aliphatic rings. The monoisotopic (exact) mass is 423 g/mol. The highest BCUT2D eigenvalue weighted by atomic mass is 35.5. The largest absolute Gasteiger partial charge is 0.394 e. The van der Waals surface area contributed by atoms with Gasteiger partial charge in [-0.2, -0.15) is 0 Å². The van der Waals surface area contributed by atoms with Crippen molar-refractivity contribution in [2.45, 2.75) is 43.4 Å². The number of rotatable bonds is 4. The number of ether oxygens (including phenoxy) is 1.